The van der Waals surface area contributed by atoms with Crippen LogP contribution >= 0.6 is 11.3 Å². The number of nitrogens with zero attached hydrogens (tertiary/aromatic N) is 2. The fourth-order valence-electron chi connectivity index (χ4n) is 3.10. The van der Waals surface area contributed by atoms with Crippen LogP contribution < -0.4 is 10.2 Å². The Kier molecular flexibility index (Phi) is 6.00. The highest BCUT2D eigenvalue weighted by molar-refractivity contribution is 7.17. The summed E-state index contributed by atoms with van der Waals surface area (Å²) in [4.78, 5) is 11.7. The molecule has 2 N–H and O–H groups in total. The molecule has 0 aliphatic carbocycles. The van der Waals surface area contributed by atoms with Gasteiger partial charge in [0, 0.05) is 23.9 Å². The van der Waals surface area contributed by atoms with Gasteiger partial charge in [-0.25, -0.2) is 9.97 Å². The maximum absolute atomic E-state index is 4.52. The fourth-order valence-corrected chi connectivity index (χ4v) is 4.02. The molecule has 2 heterocycles. The van der Waals surface area contributed by atoms with E-state index in [2.05, 4.69) is 65.7 Å². The third-order valence-corrected chi connectivity index (χ3v) is 5.62. The second kappa shape index (κ2) is 8.41. The molecule has 132 valence electrons. The predicted octanol–water partition coefficient (Wildman–Crippen LogP) is 3.39. The molecule has 0 unspecified atom stereocenters. The molecule has 0 amide bonds. The number of anilines is 1. The third kappa shape index (κ3) is 4.17. The Morgan fingerprint density at radius 3 is 2.56 bits per heavy atom. The second-order valence-corrected chi connectivity index (χ2v) is 7.26. The molecule has 2 aromatic heterocycles. The molecule has 0 fully saturated rings. The van der Waals surface area contributed by atoms with Gasteiger partial charge in [-0.2, -0.15) is 0 Å². The summed E-state index contributed by atoms with van der Waals surface area (Å²) in [5, 5.41) is 6.88. The zero-order valence-corrected chi connectivity index (χ0v) is 16.1. The maximum atomic E-state index is 4.52. The van der Waals surface area contributed by atoms with Gasteiger partial charge in [0.2, 0.25) is 0 Å². The van der Waals surface area contributed by atoms with Crippen LogP contribution in [0.2, 0.25) is 0 Å². The minimum absolute atomic E-state index is 0.943. The Hall–Kier alpha value is -1.98. The largest absolute Gasteiger partial charge is 0.369 e. The number of quaternary nitrogens is 1. The topological polar surface area (TPSA) is 42.2 Å². The molecule has 3 aromatic rings. The van der Waals surface area contributed by atoms with Gasteiger partial charge in [0.05, 0.1) is 25.0 Å². The smallest absolute Gasteiger partial charge is 0.138 e. The van der Waals surface area contributed by atoms with E-state index in [9.17, 15) is 0 Å². The average molecular weight is 356 g/mol. The van der Waals surface area contributed by atoms with Crippen molar-refractivity contribution in [2.45, 2.75) is 27.2 Å². The average Bonchev–Trinajstić information content (AvgIpc) is 3.07. The van der Waals surface area contributed by atoms with Gasteiger partial charge in [0.15, 0.2) is 0 Å². The van der Waals surface area contributed by atoms with Crippen LogP contribution in [0.3, 0.4) is 0 Å². The molecule has 5 heteroatoms. The van der Waals surface area contributed by atoms with Gasteiger partial charge in [-0.1, -0.05) is 29.8 Å². The monoisotopic (exact) mass is 355 g/mol. The van der Waals surface area contributed by atoms with Crippen LogP contribution in [-0.4, -0.2) is 36.1 Å². The summed E-state index contributed by atoms with van der Waals surface area (Å²) in [6.45, 7) is 11.1. The summed E-state index contributed by atoms with van der Waals surface area (Å²) in [5.41, 5.74) is 3.72. The predicted molar refractivity (Wildman–Crippen MR) is 108 cm³/mol. The maximum Gasteiger partial charge on any atom is 0.138 e. The summed E-state index contributed by atoms with van der Waals surface area (Å²) < 4.78 is 0. The molecule has 0 saturated heterocycles. The first kappa shape index (κ1) is 17.8. The molecule has 0 aliphatic rings. The SMILES string of the molecule is CC[NH+](CC)CCCNc1ncnc2scc(-c3ccc(C)cc3)c12. The lowest BCUT2D eigenvalue weighted by molar-refractivity contribution is -0.896. The van der Waals surface area contributed by atoms with Crippen molar-refractivity contribution in [1.29, 1.82) is 0 Å². The van der Waals surface area contributed by atoms with E-state index in [0.29, 0.717) is 0 Å². The van der Waals surface area contributed by atoms with Crippen LogP contribution in [0.4, 0.5) is 5.82 Å². The summed E-state index contributed by atoms with van der Waals surface area (Å²) in [7, 11) is 0. The van der Waals surface area contributed by atoms with Gasteiger partial charge < -0.3 is 10.2 Å². The minimum Gasteiger partial charge on any atom is -0.369 e. The van der Waals surface area contributed by atoms with E-state index in [1.807, 2.05) is 0 Å². The summed E-state index contributed by atoms with van der Waals surface area (Å²) in [6, 6.07) is 8.67. The van der Waals surface area contributed by atoms with E-state index in [1.54, 1.807) is 22.6 Å². The van der Waals surface area contributed by atoms with Crippen LogP contribution in [0.5, 0.6) is 0 Å². The van der Waals surface area contributed by atoms with E-state index >= 15 is 0 Å². The van der Waals surface area contributed by atoms with Gasteiger partial charge in [0.1, 0.15) is 17.0 Å². The molecule has 4 nitrogen and oxygen atoms in total. The molecular formula is C20H27N4S+. The lowest BCUT2D eigenvalue weighted by Gasteiger charge is -2.15. The molecule has 25 heavy (non-hydrogen) atoms. The van der Waals surface area contributed by atoms with Crippen molar-refractivity contribution in [2.24, 2.45) is 0 Å². The Labute approximate surface area is 153 Å². The van der Waals surface area contributed by atoms with Gasteiger partial charge in [-0.05, 0) is 26.3 Å². The molecule has 1 aromatic carbocycles. The summed E-state index contributed by atoms with van der Waals surface area (Å²) in [5.74, 6) is 0.955. The Balaban J connectivity index is 1.79. The standard InChI is InChI=1S/C20H26N4S/c1-4-24(5-2)12-6-11-21-19-18-17(13-25-20(18)23-14-22-19)16-9-7-15(3)8-10-16/h7-10,13-14H,4-6,11-12H2,1-3H3,(H,21,22,23)/p+1. The summed E-state index contributed by atoms with van der Waals surface area (Å²) >= 11 is 1.68. The number of aromatic nitrogens is 2. The van der Waals surface area contributed by atoms with Crippen LogP contribution in [-0.2, 0) is 0 Å². The number of rotatable bonds is 8. The van der Waals surface area contributed by atoms with Crippen molar-refractivity contribution in [1.82, 2.24) is 9.97 Å². The third-order valence-electron chi connectivity index (χ3n) is 4.73. The Morgan fingerprint density at radius 1 is 1.08 bits per heavy atom. The summed E-state index contributed by atoms with van der Waals surface area (Å²) in [6.07, 6.45) is 2.81. The van der Waals surface area contributed by atoms with Crippen LogP contribution in [0.1, 0.15) is 25.8 Å². The minimum atomic E-state index is 0.943. The van der Waals surface area contributed by atoms with Crippen LogP contribution in [0, 0.1) is 6.92 Å². The molecule has 3 rings (SSSR count). The van der Waals surface area contributed by atoms with Crippen molar-refractivity contribution < 1.29 is 4.90 Å². The number of hydrogen-bond acceptors (Lipinski definition) is 4. The van der Waals surface area contributed by atoms with Crippen molar-refractivity contribution in [3.63, 3.8) is 0 Å². The molecule has 0 atom stereocenters. The Bertz CT molecular complexity index is 806. The van der Waals surface area contributed by atoms with E-state index in [1.165, 1.54) is 36.3 Å². The molecule has 0 bridgehead atoms. The van der Waals surface area contributed by atoms with Gasteiger partial charge >= 0.3 is 0 Å². The highest BCUT2D eigenvalue weighted by Crippen LogP contribution is 2.36. The molecular weight excluding hydrogens is 328 g/mol. The van der Waals surface area contributed by atoms with Crippen molar-refractivity contribution in [3.8, 4) is 11.1 Å². The lowest BCUT2D eigenvalue weighted by Crippen LogP contribution is -3.11. The van der Waals surface area contributed by atoms with E-state index < -0.39 is 0 Å². The second-order valence-electron chi connectivity index (χ2n) is 6.41. The normalized spacial score (nSPS) is 11.4. The van der Waals surface area contributed by atoms with Crippen LogP contribution in [0.25, 0.3) is 21.3 Å². The fraction of sp³-hybridized carbons (Fsp3) is 0.400. The first-order chi connectivity index (χ1) is 12.2. The van der Waals surface area contributed by atoms with Crippen molar-refractivity contribution in [3.05, 3.63) is 41.5 Å². The van der Waals surface area contributed by atoms with E-state index in [0.717, 1.165) is 29.0 Å². The number of fused-ring (bicyclic) bond motifs is 1. The number of thiophene rings is 1. The zero-order valence-electron chi connectivity index (χ0n) is 15.3. The van der Waals surface area contributed by atoms with Gasteiger partial charge in [-0.3, -0.25) is 0 Å². The molecule has 0 aliphatic heterocycles. The first-order valence-electron chi connectivity index (χ1n) is 9.09. The molecule has 0 saturated carbocycles. The van der Waals surface area contributed by atoms with Crippen molar-refractivity contribution in [2.75, 3.05) is 31.5 Å². The van der Waals surface area contributed by atoms with Crippen LogP contribution in [0.15, 0.2) is 36.0 Å². The van der Waals surface area contributed by atoms with Gasteiger partial charge in [-0.15, -0.1) is 11.3 Å². The zero-order chi connectivity index (χ0) is 17.6. The Morgan fingerprint density at radius 2 is 1.84 bits per heavy atom. The van der Waals surface area contributed by atoms with Gasteiger partial charge in [0.25, 0.3) is 0 Å². The van der Waals surface area contributed by atoms with E-state index in [-0.39, 0.29) is 0 Å². The number of benzene rings is 1. The number of hydrogen-bond donors (Lipinski definition) is 2. The number of aryl methyl sites for hydroxylation is 1. The van der Waals surface area contributed by atoms with E-state index in [4.69, 9.17) is 0 Å². The highest BCUT2D eigenvalue weighted by Gasteiger charge is 2.13. The number of nitrogens with one attached hydrogen (secondary N) is 2. The lowest BCUT2D eigenvalue weighted by atomic mass is 10.0. The first-order valence-corrected chi connectivity index (χ1v) is 9.97. The quantitative estimate of drug-likeness (QED) is 0.609. The highest BCUT2D eigenvalue weighted by atomic mass is 32.1. The molecule has 0 radical (unpaired) electrons. The molecule has 0 spiro atoms. The van der Waals surface area contributed by atoms with Crippen molar-refractivity contribution >= 4 is 27.4 Å².